The van der Waals surface area contributed by atoms with Crippen molar-refractivity contribution in [2.45, 2.75) is 58.1 Å². The van der Waals surface area contributed by atoms with Crippen LogP contribution in [0.4, 0.5) is 10.5 Å². The van der Waals surface area contributed by atoms with Gasteiger partial charge in [-0.15, -0.1) is 0 Å². The molecule has 4 nitrogen and oxygen atoms in total. The monoisotopic (exact) mass is 290 g/mol. The first-order chi connectivity index (χ1) is 10.1. The molecule has 2 amide bonds. The minimum atomic E-state index is -0.482. The second kappa shape index (κ2) is 7.46. The lowest BCUT2D eigenvalue weighted by atomic mass is 9.94. The Balaban J connectivity index is 1.98. The Morgan fingerprint density at radius 2 is 1.90 bits per heavy atom. The number of rotatable bonds is 4. The summed E-state index contributed by atoms with van der Waals surface area (Å²) in [6.07, 6.45) is 5.47. The van der Waals surface area contributed by atoms with Crippen molar-refractivity contribution in [2.24, 2.45) is 0 Å². The zero-order valence-electron chi connectivity index (χ0n) is 13.0. The van der Waals surface area contributed by atoms with E-state index >= 15 is 0 Å². The summed E-state index contributed by atoms with van der Waals surface area (Å²) in [6.45, 7) is 4.50. The number of hydrogen-bond donors (Lipinski definition) is 2. The summed E-state index contributed by atoms with van der Waals surface area (Å²) in [5.41, 5.74) is 1.63. The van der Waals surface area contributed by atoms with Gasteiger partial charge in [0.25, 0.3) is 0 Å². The molecular formula is C17H26N2O2. The van der Waals surface area contributed by atoms with Gasteiger partial charge in [-0.1, -0.05) is 31.4 Å². The molecule has 0 aliphatic heterocycles. The number of anilines is 1. The Morgan fingerprint density at radius 3 is 2.43 bits per heavy atom. The van der Waals surface area contributed by atoms with Gasteiger partial charge in [-0.25, -0.2) is 4.79 Å². The van der Waals surface area contributed by atoms with Crippen LogP contribution in [0.25, 0.3) is 0 Å². The number of aliphatic hydroxyl groups is 1. The molecule has 21 heavy (non-hydrogen) atoms. The van der Waals surface area contributed by atoms with E-state index in [9.17, 15) is 9.90 Å². The number of carbonyl (C=O) groups is 1. The molecule has 2 rings (SSSR count). The van der Waals surface area contributed by atoms with Gasteiger partial charge in [0, 0.05) is 18.3 Å². The molecule has 0 bridgehead atoms. The fraction of sp³-hybridized carbons (Fsp3) is 0.588. The van der Waals surface area contributed by atoms with E-state index in [1.54, 1.807) is 6.92 Å². The van der Waals surface area contributed by atoms with Crippen LogP contribution in [-0.4, -0.2) is 28.6 Å². The quantitative estimate of drug-likeness (QED) is 0.883. The van der Waals surface area contributed by atoms with E-state index in [1.165, 1.54) is 19.3 Å². The van der Waals surface area contributed by atoms with Crippen molar-refractivity contribution in [2.75, 3.05) is 11.9 Å². The number of aliphatic hydroxyl groups excluding tert-OH is 1. The van der Waals surface area contributed by atoms with Gasteiger partial charge in [-0.3, -0.25) is 0 Å². The number of carbonyl (C=O) groups excluding carboxylic acids is 1. The largest absolute Gasteiger partial charge is 0.389 e. The lowest BCUT2D eigenvalue weighted by molar-refractivity contribution is 0.172. The average molecular weight is 290 g/mol. The van der Waals surface area contributed by atoms with E-state index in [4.69, 9.17) is 0 Å². The summed E-state index contributed by atoms with van der Waals surface area (Å²) >= 11 is 0. The van der Waals surface area contributed by atoms with Gasteiger partial charge in [-0.2, -0.15) is 0 Å². The Bertz CT molecular complexity index is 450. The molecule has 1 aromatic carbocycles. The highest BCUT2D eigenvalue weighted by Gasteiger charge is 2.24. The highest BCUT2D eigenvalue weighted by molar-refractivity contribution is 5.89. The SMILES string of the molecule is CCN(C(=O)Nc1ccc(C(C)O)cc1)C1CCCCC1. The Hall–Kier alpha value is -1.55. The van der Waals surface area contributed by atoms with Gasteiger partial charge >= 0.3 is 6.03 Å². The molecule has 1 atom stereocenters. The summed E-state index contributed by atoms with van der Waals surface area (Å²) < 4.78 is 0. The molecule has 0 saturated heterocycles. The maximum atomic E-state index is 12.4. The molecule has 1 aliphatic rings. The number of nitrogens with zero attached hydrogens (tertiary/aromatic N) is 1. The van der Waals surface area contributed by atoms with Crippen LogP contribution in [0, 0.1) is 0 Å². The highest BCUT2D eigenvalue weighted by Crippen LogP contribution is 2.23. The molecule has 1 saturated carbocycles. The standard InChI is InChI=1S/C17H26N2O2/c1-3-19(16-7-5-4-6-8-16)17(21)18-15-11-9-14(10-12-15)13(2)20/h9-13,16,20H,3-8H2,1-2H3,(H,18,21). The van der Waals surface area contributed by atoms with Gasteiger partial charge in [0.05, 0.1) is 6.10 Å². The third kappa shape index (κ3) is 4.21. The summed E-state index contributed by atoms with van der Waals surface area (Å²) in [5.74, 6) is 0. The van der Waals surface area contributed by atoms with E-state index in [0.29, 0.717) is 6.04 Å². The van der Waals surface area contributed by atoms with Crippen LogP contribution < -0.4 is 5.32 Å². The fourth-order valence-corrected chi connectivity index (χ4v) is 3.00. The van der Waals surface area contributed by atoms with Crippen molar-refractivity contribution in [1.82, 2.24) is 4.90 Å². The van der Waals surface area contributed by atoms with Gasteiger partial charge in [0.1, 0.15) is 0 Å². The lowest BCUT2D eigenvalue weighted by Gasteiger charge is -2.33. The first-order valence-electron chi connectivity index (χ1n) is 7.97. The van der Waals surface area contributed by atoms with Crippen molar-refractivity contribution in [3.63, 3.8) is 0 Å². The molecule has 0 heterocycles. The minimum absolute atomic E-state index is 0.0193. The molecule has 0 radical (unpaired) electrons. The summed E-state index contributed by atoms with van der Waals surface area (Å²) in [7, 11) is 0. The molecule has 1 fully saturated rings. The normalized spacial score (nSPS) is 17.3. The topological polar surface area (TPSA) is 52.6 Å². The van der Waals surface area contributed by atoms with E-state index in [1.807, 2.05) is 36.1 Å². The van der Waals surface area contributed by atoms with Crippen LogP contribution in [0.2, 0.25) is 0 Å². The van der Waals surface area contributed by atoms with Crippen molar-refractivity contribution in [3.05, 3.63) is 29.8 Å². The molecule has 2 N–H and O–H groups in total. The Morgan fingerprint density at radius 1 is 1.29 bits per heavy atom. The second-order valence-electron chi connectivity index (χ2n) is 5.81. The smallest absolute Gasteiger partial charge is 0.322 e. The number of nitrogens with one attached hydrogen (secondary N) is 1. The molecule has 0 aromatic heterocycles. The summed E-state index contributed by atoms with van der Waals surface area (Å²) in [5, 5.41) is 12.5. The molecular weight excluding hydrogens is 264 g/mol. The summed E-state index contributed by atoms with van der Waals surface area (Å²) in [6, 6.07) is 7.73. The maximum absolute atomic E-state index is 12.4. The minimum Gasteiger partial charge on any atom is -0.389 e. The van der Waals surface area contributed by atoms with E-state index < -0.39 is 6.10 Å². The van der Waals surface area contributed by atoms with Crippen LogP contribution in [0.1, 0.15) is 57.6 Å². The van der Waals surface area contributed by atoms with Crippen molar-refractivity contribution in [3.8, 4) is 0 Å². The zero-order chi connectivity index (χ0) is 15.2. The zero-order valence-corrected chi connectivity index (χ0v) is 13.0. The number of urea groups is 1. The van der Waals surface area contributed by atoms with Gasteiger partial charge in [-0.05, 0) is 44.4 Å². The van der Waals surface area contributed by atoms with E-state index in [-0.39, 0.29) is 6.03 Å². The van der Waals surface area contributed by atoms with Gasteiger partial charge in [0.2, 0.25) is 0 Å². The van der Waals surface area contributed by atoms with Crippen molar-refractivity contribution < 1.29 is 9.90 Å². The third-order valence-corrected chi connectivity index (χ3v) is 4.26. The number of benzene rings is 1. The molecule has 116 valence electrons. The van der Waals surface area contributed by atoms with Crippen molar-refractivity contribution >= 4 is 11.7 Å². The van der Waals surface area contributed by atoms with Crippen LogP contribution in [0.5, 0.6) is 0 Å². The first kappa shape index (κ1) is 15.8. The van der Waals surface area contributed by atoms with E-state index in [2.05, 4.69) is 5.32 Å². The third-order valence-electron chi connectivity index (χ3n) is 4.26. The lowest BCUT2D eigenvalue weighted by Crippen LogP contribution is -2.43. The molecule has 1 unspecified atom stereocenters. The number of amides is 2. The highest BCUT2D eigenvalue weighted by atomic mass is 16.3. The average Bonchev–Trinajstić information content (AvgIpc) is 2.49. The second-order valence-corrected chi connectivity index (χ2v) is 5.81. The predicted octanol–water partition coefficient (Wildman–Crippen LogP) is 3.93. The Kier molecular flexibility index (Phi) is 5.62. The van der Waals surface area contributed by atoms with Crippen LogP contribution in [0.3, 0.4) is 0 Å². The Labute approximate surface area is 127 Å². The molecule has 1 aliphatic carbocycles. The van der Waals surface area contributed by atoms with Crippen molar-refractivity contribution in [1.29, 1.82) is 0 Å². The first-order valence-corrected chi connectivity index (χ1v) is 7.97. The molecule has 4 heteroatoms. The number of hydrogen-bond acceptors (Lipinski definition) is 2. The van der Waals surface area contributed by atoms with Gasteiger partial charge in [0.15, 0.2) is 0 Å². The fourth-order valence-electron chi connectivity index (χ4n) is 3.00. The van der Waals surface area contributed by atoms with Gasteiger partial charge < -0.3 is 15.3 Å². The predicted molar refractivity (Wildman–Crippen MR) is 85.3 cm³/mol. The summed E-state index contributed by atoms with van der Waals surface area (Å²) in [4.78, 5) is 14.4. The van der Waals surface area contributed by atoms with Crippen LogP contribution >= 0.6 is 0 Å². The maximum Gasteiger partial charge on any atom is 0.322 e. The van der Waals surface area contributed by atoms with E-state index in [0.717, 1.165) is 30.6 Å². The molecule has 0 spiro atoms. The molecule has 1 aromatic rings. The van der Waals surface area contributed by atoms with Crippen LogP contribution in [-0.2, 0) is 0 Å². The van der Waals surface area contributed by atoms with Crippen LogP contribution in [0.15, 0.2) is 24.3 Å².